The number of hydrogen-bond donors (Lipinski definition) is 0. The summed E-state index contributed by atoms with van der Waals surface area (Å²) in [6.45, 7) is 15.6. The molecule has 10 atom stereocenters. The molecule has 0 amide bonds. The van der Waals surface area contributed by atoms with Gasteiger partial charge >= 0.3 is 26.2 Å². The van der Waals surface area contributed by atoms with Gasteiger partial charge in [-0.2, -0.15) is 0 Å². The Morgan fingerprint density at radius 3 is 1.15 bits per heavy atom. The Morgan fingerprint density at radius 1 is 0.559 bits per heavy atom. The molecule has 10 unspecified atom stereocenters. The average Bonchev–Trinajstić information content (AvgIpc) is 3.15. The second kappa shape index (κ2) is 14.7. The molecule has 4 aliphatic carbocycles. The van der Waals surface area contributed by atoms with Crippen molar-refractivity contribution in [2.45, 2.75) is 77.6 Å². The van der Waals surface area contributed by atoms with Crippen LogP contribution in [0.15, 0.2) is 48.6 Å². The summed E-state index contributed by atoms with van der Waals surface area (Å²) in [5.41, 5.74) is 1.86. The summed E-state index contributed by atoms with van der Waals surface area (Å²) >= 11 is 0. The molecule has 2 saturated carbocycles. The fraction of sp³-hybridized carbons (Fsp3) is 0.625. The minimum Gasteiger partial charge on any atom is -0.358 e. The van der Waals surface area contributed by atoms with Crippen LogP contribution in [0, 0.1) is 77.0 Å². The van der Waals surface area contributed by atoms with E-state index in [4.69, 9.17) is 0 Å². The van der Waals surface area contributed by atoms with E-state index in [1.54, 1.807) is 0 Å². The zero-order chi connectivity index (χ0) is 20.8. The van der Waals surface area contributed by atoms with Crippen LogP contribution < -0.4 is 0 Å². The van der Waals surface area contributed by atoms with Crippen LogP contribution in [0.4, 0.5) is 0 Å². The molecule has 4 rings (SSSR count). The normalized spacial score (nSPS) is 38.9. The molecule has 0 bridgehead atoms. The van der Waals surface area contributed by atoms with Gasteiger partial charge in [-0.15, -0.1) is 0 Å². The smallest absolute Gasteiger partial charge is 0.358 e. The van der Waals surface area contributed by atoms with Crippen molar-refractivity contribution in [3.05, 3.63) is 78.3 Å². The van der Waals surface area contributed by atoms with Gasteiger partial charge in [0, 0.05) is 0 Å². The van der Waals surface area contributed by atoms with E-state index in [9.17, 15) is 0 Å². The Morgan fingerprint density at radius 2 is 0.853 bits per heavy atom. The summed E-state index contributed by atoms with van der Waals surface area (Å²) in [7, 11) is -1.49. The summed E-state index contributed by atoms with van der Waals surface area (Å²) < 4.78 is 0. The summed E-state index contributed by atoms with van der Waals surface area (Å²) in [6.07, 6.45) is 25.3. The van der Waals surface area contributed by atoms with Gasteiger partial charge in [-0.1, -0.05) is 102 Å². The van der Waals surface area contributed by atoms with E-state index in [1.165, 1.54) is 25.7 Å². The van der Waals surface area contributed by atoms with Gasteiger partial charge < -0.3 is 29.7 Å². The summed E-state index contributed by atoms with van der Waals surface area (Å²) in [5.74, 6) is 6.72. The zero-order valence-corrected chi connectivity index (χ0v) is 27.7. The Labute approximate surface area is 236 Å². The minimum atomic E-state index is -1.49. The molecule has 4 aliphatic rings. The van der Waals surface area contributed by atoms with Crippen molar-refractivity contribution in [2.24, 2.45) is 47.3 Å². The molecule has 0 saturated heterocycles. The molecule has 0 aliphatic heterocycles. The maximum Gasteiger partial charge on any atom is 4.00 e. The molecule has 192 valence electrons. The third-order valence-corrected chi connectivity index (χ3v) is 15.0. The number of allylic oxidation sites excluding steroid dienone is 8. The van der Waals surface area contributed by atoms with Crippen LogP contribution in [0.2, 0.25) is 24.2 Å². The van der Waals surface area contributed by atoms with E-state index in [1.807, 2.05) is 0 Å². The Bertz CT molecular complexity index is 644. The van der Waals surface area contributed by atoms with Crippen LogP contribution in [0.5, 0.6) is 0 Å². The molecule has 2 heteroatoms. The maximum absolute atomic E-state index is 2.80. The topological polar surface area (TPSA) is 0 Å². The van der Waals surface area contributed by atoms with E-state index in [0.717, 1.165) is 58.4 Å². The first kappa shape index (κ1) is 36.2. The van der Waals surface area contributed by atoms with E-state index in [0.29, 0.717) is 0 Å². The predicted molar refractivity (Wildman–Crippen MR) is 156 cm³/mol. The quantitative estimate of drug-likeness (QED) is 0.224. The van der Waals surface area contributed by atoms with Gasteiger partial charge in [-0.25, -0.2) is 0 Å². The van der Waals surface area contributed by atoms with Crippen molar-refractivity contribution < 1.29 is 26.2 Å². The Kier molecular flexibility index (Phi) is 15.7. The van der Waals surface area contributed by atoms with Crippen LogP contribution >= 0.6 is 0 Å². The van der Waals surface area contributed by atoms with E-state index in [2.05, 4.69) is 89.4 Å². The van der Waals surface area contributed by atoms with Gasteiger partial charge in [0.1, 0.15) is 0 Å². The predicted octanol–water partition coefficient (Wildman–Crippen LogP) is 10.1. The molecule has 2 fully saturated rings. The van der Waals surface area contributed by atoms with E-state index < -0.39 is 8.07 Å². The average molecular weight is 560 g/mol. The first-order valence-corrected chi connectivity index (χ1v) is 15.8. The first-order chi connectivity index (χ1) is 13.9. The molecule has 0 N–H and O–H groups in total. The summed E-state index contributed by atoms with van der Waals surface area (Å²) in [5, 5.41) is 0. The molecule has 0 aromatic rings. The standard InChI is InChI=1S/C28H44Si.4CH3.Zr/c1-7-13-21-19(3)27(25-17-11-9-15-23(21)25)29(5,6)28-20(4)22(14-8-2)24-16-10-12-18-26(24)28;;;;;/h9-12,15-28H,7-8,13-14H2,1-6H3;4*1H3;/q;4*-1;+4. The SMILES string of the molecule is CCCC1C(C)C([Si](C)(C)C2C(C)C(CCC)C3C=CC=CC32)C2C=CC=CC21.[CH3-].[CH3-].[CH3-].[CH3-].[Zr+4]. The fourth-order valence-corrected chi connectivity index (χ4v) is 15.2. The van der Waals surface area contributed by atoms with Crippen molar-refractivity contribution in [1.82, 2.24) is 0 Å². The molecule has 0 aromatic heterocycles. The van der Waals surface area contributed by atoms with Crippen LogP contribution in [0.1, 0.15) is 53.4 Å². The van der Waals surface area contributed by atoms with Crippen LogP contribution in [-0.4, -0.2) is 8.07 Å². The Balaban J connectivity index is 0. The second-order valence-corrected chi connectivity index (χ2v) is 16.3. The first-order valence-electron chi connectivity index (χ1n) is 12.6. The van der Waals surface area contributed by atoms with Crippen molar-refractivity contribution in [1.29, 1.82) is 0 Å². The van der Waals surface area contributed by atoms with Gasteiger partial charge in [-0.05, 0) is 71.3 Å². The molecule has 34 heavy (non-hydrogen) atoms. The maximum atomic E-state index is 2.80. The molecular weight excluding hydrogens is 504 g/mol. The van der Waals surface area contributed by atoms with Crippen LogP contribution in [0.25, 0.3) is 0 Å². The van der Waals surface area contributed by atoms with Crippen LogP contribution in [0.3, 0.4) is 0 Å². The molecule has 0 radical (unpaired) electrons. The zero-order valence-electron chi connectivity index (χ0n) is 24.2. The summed E-state index contributed by atoms with van der Waals surface area (Å²) in [4.78, 5) is 0. The van der Waals surface area contributed by atoms with Crippen molar-refractivity contribution in [3.8, 4) is 0 Å². The molecular formula is C32H56SiZr. The van der Waals surface area contributed by atoms with Gasteiger partial charge in [0.2, 0.25) is 0 Å². The molecule has 0 heterocycles. The largest absolute Gasteiger partial charge is 4.00 e. The van der Waals surface area contributed by atoms with E-state index >= 15 is 0 Å². The number of hydrogen-bond acceptors (Lipinski definition) is 0. The van der Waals surface area contributed by atoms with Gasteiger partial charge in [0.25, 0.3) is 0 Å². The third kappa shape index (κ3) is 5.96. The van der Waals surface area contributed by atoms with Gasteiger partial charge in [0.05, 0.1) is 8.07 Å². The number of fused-ring (bicyclic) bond motifs is 2. The van der Waals surface area contributed by atoms with Gasteiger partial charge in [-0.3, -0.25) is 0 Å². The van der Waals surface area contributed by atoms with E-state index in [-0.39, 0.29) is 55.9 Å². The second-order valence-electron chi connectivity index (χ2n) is 11.3. The summed E-state index contributed by atoms with van der Waals surface area (Å²) in [6, 6.07) is 0. The molecule has 0 aromatic carbocycles. The van der Waals surface area contributed by atoms with Gasteiger partial charge in [0.15, 0.2) is 0 Å². The monoisotopic (exact) mass is 558 g/mol. The third-order valence-electron chi connectivity index (χ3n) is 9.71. The van der Waals surface area contributed by atoms with Crippen molar-refractivity contribution >= 4 is 8.07 Å². The Hall–Kier alpha value is 0.0600. The molecule has 0 nitrogen and oxygen atoms in total. The minimum absolute atomic E-state index is 0. The van der Waals surface area contributed by atoms with Crippen molar-refractivity contribution in [2.75, 3.05) is 0 Å². The fourth-order valence-electron chi connectivity index (χ4n) is 8.94. The number of rotatable bonds is 6. The van der Waals surface area contributed by atoms with Crippen LogP contribution in [-0.2, 0) is 26.2 Å². The molecule has 0 spiro atoms. The van der Waals surface area contributed by atoms with Crippen molar-refractivity contribution in [3.63, 3.8) is 0 Å².